The fourth-order valence-corrected chi connectivity index (χ4v) is 2.30. The van der Waals surface area contributed by atoms with Gasteiger partial charge in [-0.2, -0.15) is 0 Å². The highest BCUT2D eigenvalue weighted by Crippen LogP contribution is 2.40. The van der Waals surface area contributed by atoms with E-state index in [1.54, 1.807) is 0 Å². The van der Waals surface area contributed by atoms with Crippen molar-refractivity contribution in [2.45, 2.75) is 38.3 Å². The molecule has 1 atom stereocenters. The van der Waals surface area contributed by atoms with Crippen molar-refractivity contribution in [2.24, 2.45) is 5.73 Å². The molecule has 2 rings (SSSR count). The predicted octanol–water partition coefficient (Wildman–Crippen LogP) is 1.96. The third-order valence-electron chi connectivity index (χ3n) is 3.14. The maximum Gasteiger partial charge on any atom is 0.307 e. The molecule has 0 aromatic heterocycles. The topological polar surface area (TPSA) is 61.5 Å². The molecule has 18 heavy (non-hydrogen) atoms. The van der Waals surface area contributed by atoms with Crippen LogP contribution >= 0.6 is 0 Å². The van der Waals surface area contributed by atoms with Crippen LogP contribution in [0.5, 0.6) is 5.75 Å². The van der Waals surface area contributed by atoms with Gasteiger partial charge in [0.25, 0.3) is 0 Å². The van der Waals surface area contributed by atoms with Crippen LogP contribution in [0.2, 0.25) is 0 Å². The van der Waals surface area contributed by atoms with Gasteiger partial charge in [0.2, 0.25) is 0 Å². The Balaban J connectivity index is 2.26. The highest BCUT2D eigenvalue weighted by molar-refractivity contribution is 5.70. The molecule has 4 heteroatoms. The molecular formula is C14H19NO3. The molecule has 1 aromatic rings. The zero-order chi connectivity index (χ0) is 13.3. The molecule has 1 aliphatic heterocycles. The van der Waals surface area contributed by atoms with Crippen molar-refractivity contribution in [1.29, 1.82) is 0 Å². The van der Waals surface area contributed by atoms with Gasteiger partial charge >= 0.3 is 5.97 Å². The van der Waals surface area contributed by atoms with Gasteiger partial charge < -0.3 is 15.2 Å². The van der Waals surface area contributed by atoms with Crippen LogP contribution in [0.15, 0.2) is 18.2 Å². The third-order valence-corrected chi connectivity index (χ3v) is 3.14. The number of methoxy groups -OCH3 is 1. The van der Waals surface area contributed by atoms with Gasteiger partial charge in [0, 0.05) is 18.0 Å². The zero-order valence-electron chi connectivity index (χ0n) is 11.0. The van der Waals surface area contributed by atoms with Crippen LogP contribution in [-0.2, 0) is 16.0 Å². The van der Waals surface area contributed by atoms with E-state index in [2.05, 4.69) is 4.74 Å². The number of hydrogen-bond acceptors (Lipinski definition) is 4. The van der Waals surface area contributed by atoms with Gasteiger partial charge in [-0.3, -0.25) is 4.79 Å². The van der Waals surface area contributed by atoms with Crippen LogP contribution in [0.25, 0.3) is 0 Å². The largest absolute Gasteiger partial charge is 0.487 e. The first kappa shape index (κ1) is 12.9. The van der Waals surface area contributed by atoms with Gasteiger partial charge in [0.1, 0.15) is 11.4 Å². The molecule has 4 nitrogen and oxygen atoms in total. The maximum absolute atomic E-state index is 11.3. The summed E-state index contributed by atoms with van der Waals surface area (Å²) in [7, 11) is 1.37. The number of ether oxygens (including phenoxy) is 2. The molecule has 0 unspecified atom stereocenters. The van der Waals surface area contributed by atoms with Crippen molar-refractivity contribution in [2.75, 3.05) is 7.11 Å². The molecule has 0 radical (unpaired) electrons. The lowest BCUT2D eigenvalue weighted by Crippen LogP contribution is -2.25. The number of carbonyl (C=O) groups excluding carboxylic acids is 1. The number of carbonyl (C=O) groups is 1. The van der Waals surface area contributed by atoms with Crippen LogP contribution in [0, 0.1) is 0 Å². The van der Waals surface area contributed by atoms with Crippen LogP contribution in [0.3, 0.4) is 0 Å². The summed E-state index contributed by atoms with van der Waals surface area (Å²) >= 11 is 0. The van der Waals surface area contributed by atoms with E-state index >= 15 is 0 Å². The summed E-state index contributed by atoms with van der Waals surface area (Å²) < 4.78 is 10.6. The molecule has 0 saturated heterocycles. The van der Waals surface area contributed by atoms with Gasteiger partial charge in [-0.1, -0.05) is 18.2 Å². The lowest BCUT2D eigenvalue weighted by Gasteiger charge is -2.20. The second-order valence-corrected chi connectivity index (χ2v) is 5.26. The standard InChI is InChI=1S/C14H19NO3/c1-14(2)8-9-5-4-6-10(13(9)18-14)11(15)7-12(16)17-3/h4-6,11H,7-8,15H2,1-3H3/t11-/m1/s1. The second-order valence-electron chi connectivity index (χ2n) is 5.26. The van der Waals surface area contributed by atoms with E-state index in [0.29, 0.717) is 0 Å². The molecule has 0 aliphatic carbocycles. The number of nitrogens with two attached hydrogens (primary N) is 1. The quantitative estimate of drug-likeness (QED) is 0.832. The Kier molecular flexibility index (Phi) is 3.30. The number of fused-ring (bicyclic) bond motifs is 1. The van der Waals surface area contributed by atoms with Crippen LogP contribution in [0.1, 0.15) is 37.4 Å². The monoisotopic (exact) mass is 249 g/mol. The minimum atomic E-state index is -0.388. The molecule has 0 fully saturated rings. The number of benzene rings is 1. The Morgan fingerprint density at radius 2 is 2.28 bits per heavy atom. The van der Waals surface area contributed by atoms with Crippen molar-refractivity contribution >= 4 is 5.97 Å². The summed E-state index contributed by atoms with van der Waals surface area (Å²) in [6, 6.07) is 5.52. The Morgan fingerprint density at radius 3 is 2.94 bits per heavy atom. The van der Waals surface area contributed by atoms with E-state index in [0.717, 1.165) is 23.3 Å². The summed E-state index contributed by atoms with van der Waals surface area (Å²) in [5.41, 5.74) is 7.88. The van der Waals surface area contributed by atoms with E-state index in [1.165, 1.54) is 7.11 Å². The van der Waals surface area contributed by atoms with Crippen molar-refractivity contribution in [3.05, 3.63) is 29.3 Å². The van der Waals surface area contributed by atoms with E-state index in [1.807, 2.05) is 32.0 Å². The SMILES string of the molecule is COC(=O)C[C@@H](N)c1cccc2c1OC(C)(C)C2. The Morgan fingerprint density at radius 1 is 1.56 bits per heavy atom. The summed E-state index contributed by atoms with van der Waals surface area (Å²) in [5, 5.41) is 0. The molecular weight excluding hydrogens is 230 g/mol. The molecule has 0 saturated carbocycles. The van der Waals surface area contributed by atoms with Crippen molar-refractivity contribution in [3.63, 3.8) is 0 Å². The third kappa shape index (κ3) is 2.48. The lowest BCUT2D eigenvalue weighted by molar-refractivity contribution is -0.141. The van der Waals surface area contributed by atoms with Gasteiger partial charge in [-0.25, -0.2) is 0 Å². The van der Waals surface area contributed by atoms with Crippen molar-refractivity contribution < 1.29 is 14.3 Å². The molecule has 1 heterocycles. The van der Waals surface area contributed by atoms with Gasteiger partial charge in [0.05, 0.1) is 13.5 Å². The summed E-state index contributed by atoms with van der Waals surface area (Å²) in [5.74, 6) is 0.524. The predicted molar refractivity (Wildman–Crippen MR) is 68.4 cm³/mol. The Hall–Kier alpha value is -1.55. The van der Waals surface area contributed by atoms with E-state index in [-0.39, 0.29) is 24.0 Å². The smallest absolute Gasteiger partial charge is 0.307 e. The molecule has 1 aromatic carbocycles. The van der Waals surface area contributed by atoms with Crippen LogP contribution in [-0.4, -0.2) is 18.7 Å². The normalized spacial score (nSPS) is 17.8. The minimum absolute atomic E-state index is 0.163. The Labute approximate surface area is 107 Å². The molecule has 98 valence electrons. The van der Waals surface area contributed by atoms with Crippen LogP contribution < -0.4 is 10.5 Å². The lowest BCUT2D eigenvalue weighted by atomic mass is 9.97. The highest BCUT2D eigenvalue weighted by atomic mass is 16.5. The van der Waals surface area contributed by atoms with E-state index in [9.17, 15) is 4.79 Å². The summed E-state index contributed by atoms with van der Waals surface area (Å²) in [4.78, 5) is 11.3. The average Bonchev–Trinajstić information content (AvgIpc) is 2.61. The maximum atomic E-state index is 11.3. The molecule has 0 amide bonds. The molecule has 0 spiro atoms. The van der Waals surface area contributed by atoms with Gasteiger partial charge in [0.15, 0.2) is 0 Å². The zero-order valence-corrected chi connectivity index (χ0v) is 11.0. The Bertz CT molecular complexity index is 468. The minimum Gasteiger partial charge on any atom is -0.487 e. The summed E-state index contributed by atoms with van der Waals surface area (Å²) in [6.07, 6.45) is 1.03. The van der Waals surface area contributed by atoms with Crippen LogP contribution in [0.4, 0.5) is 0 Å². The number of rotatable bonds is 3. The molecule has 1 aliphatic rings. The fraction of sp³-hybridized carbons (Fsp3) is 0.500. The molecule has 0 bridgehead atoms. The van der Waals surface area contributed by atoms with Gasteiger partial charge in [-0.15, -0.1) is 0 Å². The first-order valence-corrected chi connectivity index (χ1v) is 6.06. The average molecular weight is 249 g/mol. The first-order chi connectivity index (χ1) is 8.43. The van der Waals surface area contributed by atoms with E-state index in [4.69, 9.17) is 10.5 Å². The first-order valence-electron chi connectivity index (χ1n) is 6.06. The van der Waals surface area contributed by atoms with Crippen molar-refractivity contribution in [3.8, 4) is 5.75 Å². The van der Waals surface area contributed by atoms with Gasteiger partial charge in [-0.05, 0) is 19.4 Å². The number of hydrogen-bond donors (Lipinski definition) is 1. The second kappa shape index (κ2) is 4.61. The molecule has 2 N–H and O–H groups in total. The fourth-order valence-electron chi connectivity index (χ4n) is 2.30. The van der Waals surface area contributed by atoms with E-state index < -0.39 is 0 Å². The van der Waals surface area contributed by atoms with Crippen molar-refractivity contribution in [1.82, 2.24) is 0 Å². The number of esters is 1. The summed E-state index contributed by atoms with van der Waals surface area (Å²) in [6.45, 7) is 4.09. The highest BCUT2D eigenvalue weighted by Gasteiger charge is 2.32. The number of para-hydroxylation sites is 1.